The first-order valence-corrected chi connectivity index (χ1v) is 0. The first kappa shape index (κ1) is 9650. The zero-order valence-corrected chi connectivity index (χ0v) is 33.4. The van der Waals surface area contributed by atoms with E-state index in [-0.39, 0.29) is 357 Å². The molecule has 24 N–H and O–H groups in total. The summed E-state index contributed by atoms with van der Waals surface area (Å²) in [6.07, 6.45) is 0. The molecular formula is H24Cr9N6O30. The summed E-state index contributed by atoms with van der Waals surface area (Å²) in [5, 5.41) is 0. The van der Waals surface area contributed by atoms with Crippen LogP contribution < -0.4 is 36.9 Å². The first-order chi connectivity index (χ1) is 0. The second-order valence-electron chi connectivity index (χ2n) is 0. The second-order valence-corrected chi connectivity index (χ2v) is 0. The Morgan fingerprint density at radius 1 is 0.0667 bits per heavy atom. The Morgan fingerprint density at radius 3 is 0.0667 bits per heavy atom. The van der Waals surface area contributed by atoms with Gasteiger partial charge in [0.15, 0.2) is 0 Å². The molecule has 0 aromatic rings. The normalized spacial score (nSPS) is 0. The average molecular weight is 1060 g/mol. The van der Waals surface area contributed by atoms with Gasteiger partial charge in [0, 0.05) is 0 Å². The summed E-state index contributed by atoms with van der Waals surface area (Å²) < 4.78 is 0. The summed E-state index contributed by atoms with van der Waals surface area (Å²) in [6, 6.07) is 0. The molecule has 0 atom stereocenters. The maximum absolute atomic E-state index is 0. The molecule has 0 radical (unpaired) electrons. The molecule has 0 aromatic carbocycles. The van der Waals surface area contributed by atoms with Crippen LogP contribution in [0.25, 0.3) is 0 Å². The van der Waals surface area contributed by atoms with Crippen LogP contribution in [0.2, 0.25) is 0 Å². The van der Waals surface area contributed by atoms with Gasteiger partial charge in [0.1, 0.15) is 0 Å². The smallest absolute Gasteiger partial charge is 2.00 e. The fourth-order valence-electron chi connectivity index (χ4n) is 0. The van der Waals surface area contributed by atoms with Crippen LogP contribution in [0.1, 0.15) is 0 Å². The average Bonchev–Trinajstić information content (AvgIpc) is 0. The molecule has 0 unspecified atom stereocenters. The Balaban J connectivity index is 0. The first-order valence-electron chi connectivity index (χ1n) is 0. The van der Waals surface area contributed by atoms with Crippen LogP contribution >= 0.6 is 0 Å². The van der Waals surface area contributed by atoms with Gasteiger partial charge in [0.05, 0.1) is 0 Å². The fraction of sp³-hybridized carbons (Fsp3) is 0. The number of hydrogen-bond donors (Lipinski definition) is 6. The molecule has 45 heavy (non-hydrogen) atoms. The van der Waals surface area contributed by atoms with Crippen molar-refractivity contribution in [2.24, 2.45) is 0 Å². The monoisotopic (exact) mass is 1060 g/mol. The number of rotatable bonds is 0. The van der Waals surface area contributed by atoms with E-state index >= 15 is 0 Å². The Hall–Kier alpha value is 3.35. The molecule has 0 heterocycles. The van der Waals surface area contributed by atoms with Gasteiger partial charge in [-0.2, -0.15) is 0 Å². The molecule has 36 nitrogen and oxygen atoms in total. The van der Waals surface area contributed by atoms with Crippen molar-refractivity contribution < 1.29 is 321 Å². The van der Waals surface area contributed by atoms with Gasteiger partial charge in [0.2, 0.25) is 0 Å². The summed E-state index contributed by atoms with van der Waals surface area (Å²) in [5.41, 5.74) is 0. The van der Waals surface area contributed by atoms with Crippen molar-refractivity contribution in [3.05, 3.63) is 0 Å². The molecule has 0 amide bonds. The van der Waals surface area contributed by atoms with Crippen LogP contribution in [-0.2, 0) is 321 Å². The zero-order chi connectivity index (χ0) is 0. The van der Waals surface area contributed by atoms with Crippen LogP contribution in [0.4, 0.5) is 0 Å². The van der Waals surface area contributed by atoms with Gasteiger partial charge in [-0.25, -0.2) is 0 Å². The van der Waals surface area contributed by atoms with Gasteiger partial charge in [-0.05, 0) is 0 Å². The van der Waals surface area contributed by atoms with E-state index in [0.717, 1.165) is 0 Å². The van der Waals surface area contributed by atoms with E-state index in [0.29, 0.717) is 0 Å². The summed E-state index contributed by atoms with van der Waals surface area (Å²) in [5.74, 6) is 0. The van der Waals surface area contributed by atoms with Gasteiger partial charge in [-0.1, -0.05) is 0 Å². The van der Waals surface area contributed by atoms with Crippen molar-refractivity contribution in [3.8, 4) is 0 Å². The molecule has 0 fully saturated rings. The molecule has 45 heteroatoms. The van der Waals surface area contributed by atoms with Crippen LogP contribution in [0.15, 0.2) is 0 Å². The van der Waals surface area contributed by atoms with Crippen LogP contribution in [0, 0.1) is 0 Å². The van der Waals surface area contributed by atoms with Gasteiger partial charge in [-0.3, -0.25) is 0 Å². The number of hydrogen-bond acceptors (Lipinski definition) is 0. The van der Waals surface area contributed by atoms with E-state index in [2.05, 4.69) is 0 Å². The minimum atomic E-state index is 0. The predicted octanol–water partition coefficient (Wildman–Crippen LogP) is -1.33. The third-order valence-corrected chi connectivity index (χ3v) is 0. The second kappa shape index (κ2) is 9050. The third kappa shape index (κ3) is 8670. The van der Waals surface area contributed by atoms with Crippen LogP contribution in [-0.4, -0.2) is 0 Å². The molecule has 0 aliphatic heterocycles. The zero-order valence-electron chi connectivity index (χ0n) is 21.9. The summed E-state index contributed by atoms with van der Waals surface area (Å²) >= 11 is 0. The maximum Gasteiger partial charge on any atom is 6.00 e. The quantitative estimate of drug-likeness (QED) is 0.164. The molecule has 0 bridgehead atoms. The van der Waals surface area contributed by atoms with Gasteiger partial charge >= 0.3 is 156 Å². The topological polar surface area (TPSA) is 1070 Å². The van der Waals surface area contributed by atoms with Crippen molar-refractivity contribution in [1.29, 1.82) is 0 Å². The maximum atomic E-state index is 0. The molecule has 288 valence electrons. The Morgan fingerprint density at radius 2 is 0.0667 bits per heavy atom. The molecule has 0 saturated heterocycles. The molecule has 0 aliphatic carbocycles. The van der Waals surface area contributed by atoms with Crippen molar-refractivity contribution in [3.63, 3.8) is 0 Å². The summed E-state index contributed by atoms with van der Waals surface area (Å²) in [6.45, 7) is 0. The standard InChI is InChI=1S/9Cr.6H3N.30O/h;;;;;;;;;6*1H3;;;;;;;;;;;;;;;;;;;;;;;;;;;;;;/q9*+6;;;;;;;30*-2/p+6. The van der Waals surface area contributed by atoms with Crippen molar-refractivity contribution in [1.82, 2.24) is 36.9 Å². The molecule has 0 aliphatic rings. The molecule has 0 rings (SSSR count). The van der Waals surface area contributed by atoms with Gasteiger partial charge in [-0.15, -0.1) is 0 Å². The van der Waals surface area contributed by atoms with E-state index in [4.69, 9.17) is 0 Å². The Labute approximate surface area is 354 Å². The van der Waals surface area contributed by atoms with Gasteiger partial charge < -0.3 is 201 Å². The van der Waals surface area contributed by atoms with Crippen molar-refractivity contribution in [2.45, 2.75) is 0 Å². The number of quaternary nitrogens is 6. The minimum absolute atomic E-state index is 0. The Kier molecular flexibility index (Phi) is 1940000. The van der Waals surface area contributed by atoms with E-state index in [9.17, 15) is 0 Å². The fourth-order valence-corrected chi connectivity index (χ4v) is 0. The molecule has 0 saturated carbocycles. The van der Waals surface area contributed by atoms with Crippen LogP contribution in [0.3, 0.4) is 0 Å². The van der Waals surface area contributed by atoms with Crippen molar-refractivity contribution in [2.75, 3.05) is 0 Å². The largest absolute Gasteiger partial charge is 6.00 e. The van der Waals surface area contributed by atoms with Gasteiger partial charge in [0.25, 0.3) is 0 Å². The Bertz CT molecular complexity index is 55.9. The van der Waals surface area contributed by atoms with E-state index in [1.54, 1.807) is 0 Å². The van der Waals surface area contributed by atoms with E-state index in [1.807, 2.05) is 0 Å². The summed E-state index contributed by atoms with van der Waals surface area (Å²) in [4.78, 5) is 0. The predicted molar refractivity (Wildman–Crippen MR) is 56.5 cm³/mol. The summed E-state index contributed by atoms with van der Waals surface area (Å²) in [7, 11) is 0. The van der Waals surface area contributed by atoms with E-state index < -0.39 is 0 Å². The SMILES string of the molecule is [Cr+6].[Cr+6].[Cr+6].[Cr+6].[Cr+6].[Cr+6].[Cr+6].[Cr+6].[Cr+6].[NH4+].[NH4+].[NH4+].[NH4+].[NH4+].[NH4+].[O-2].[O-2].[O-2].[O-2].[O-2].[O-2].[O-2].[O-2].[O-2].[O-2].[O-2].[O-2].[O-2].[O-2].[O-2].[O-2].[O-2].[O-2].[O-2].[O-2].[O-2].[O-2].[O-2].[O-2].[O-2].[O-2].[O-2].[O-2].[O-2].[O-2]. The molecule has 0 aromatic heterocycles. The van der Waals surface area contributed by atoms with Crippen molar-refractivity contribution >= 4 is 0 Å². The minimum Gasteiger partial charge on any atom is -2.00 e. The third-order valence-electron chi connectivity index (χ3n) is 0. The van der Waals surface area contributed by atoms with E-state index in [1.165, 1.54) is 0 Å². The van der Waals surface area contributed by atoms with Crippen LogP contribution in [0.5, 0.6) is 0 Å². The molecular weight excluding hydrogens is 1030 g/mol. The molecule has 0 spiro atoms.